The Morgan fingerprint density at radius 3 is 2.55 bits per heavy atom. The quantitative estimate of drug-likeness (QED) is 0.573. The van der Waals surface area contributed by atoms with Gasteiger partial charge in [0.25, 0.3) is 0 Å². The van der Waals surface area contributed by atoms with E-state index in [1.807, 2.05) is 18.7 Å². The van der Waals surface area contributed by atoms with E-state index in [0.717, 1.165) is 17.2 Å². The standard InChI is InChI=1S/C14H25N5S/c1-8(2)12-17-13(9(3)14(18-12)19-15)16-10-6-5-7-11(10)20-4/h8,10-11H,5-7,15H2,1-4H3,(H2,16,17,18,19). The minimum atomic E-state index is 0.281. The van der Waals surface area contributed by atoms with Gasteiger partial charge in [-0.15, -0.1) is 0 Å². The molecule has 1 aromatic heterocycles. The lowest BCUT2D eigenvalue weighted by Gasteiger charge is -2.22. The maximum absolute atomic E-state index is 5.58. The molecule has 1 saturated carbocycles. The molecule has 0 bridgehead atoms. The topological polar surface area (TPSA) is 75.9 Å². The van der Waals surface area contributed by atoms with Crippen LogP contribution in [0.25, 0.3) is 0 Å². The third kappa shape index (κ3) is 3.17. The highest BCUT2D eigenvalue weighted by molar-refractivity contribution is 7.99. The monoisotopic (exact) mass is 295 g/mol. The highest BCUT2D eigenvalue weighted by atomic mass is 32.2. The number of anilines is 2. The van der Waals surface area contributed by atoms with Gasteiger partial charge in [0.1, 0.15) is 17.5 Å². The third-order valence-electron chi connectivity index (χ3n) is 3.89. The third-order valence-corrected chi connectivity index (χ3v) is 5.06. The molecule has 20 heavy (non-hydrogen) atoms. The van der Waals surface area contributed by atoms with Crippen molar-refractivity contribution in [3.05, 3.63) is 11.4 Å². The van der Waals surface area contributed by atoms with Gasteiger partial charge >= 0.3 is 0 Å². The van der Waals surface area contributed by atoms with Crippen molar-refractivity contribution in [1.29, 1.82) is 0 Å². The van der Waals surface area contributed by atoms with Gasteiger partial charge < -0.3 is 10.7 Å². The van der Waals surface area contributed by atoms with Crippen molar-refractivity contribution in [2.75, 3.05) is 17.0 Å². The summed E-state index contributed by atoms with van der Waals surface area (Å²) >= 11 is 1.94. The van der Waals surface area contributed by atoms with Crippen molar-refractivity contribution < 1.29 is 0 Å². The van der Waals surface area contributed by atoms with E-state index in [2.05, 4.69) is 40.8 Å². The second-order valence-corrected chi connectivity index (χ2v) is 6.74. The zero-order valence-corrected chi connectivity index (χ0v) is 13.5. The Morgan fingerprint density at radius 2 is 1.95 bits per heavy atom. The van der Waals surface area contributed by atoms with Crippen LogP contribution in [-0.2, 0) is 0 Å². The van der Waals surface area contributed by atoms with Crippen LogP contribution < -0.4 is 16.6 Å². The van der Waals surface area contributed by atoms with Crippen LogP contribution in [-0.4, -0.2) is 27.5 Å². The Bertz CT molecular complexity index is 463. The highest BCUT2D eigenvalue weighted by Crippen LogP contribution is 2.32. The van der Waals surface area contributed by atoms with E-state index < -0.39 is 0 Å². The lowest BCUT2D eigenvalue weighted by Crippen LogP contribution is -2.27. The Morgan fingerprint density at radius 1 is 1.25 bits per heavy atom. The van der Waals surface area contributed by atoms with Gasteiger partial charge in [-0.2, -0.15) is 11.8 Å². The fourth-order valence-electron chi connectivity index (χ4n) is 2.62. The summed E-state index contributed by atoms with van der Waals surface area (Å²) in [4.78, 5) is 9.16. The molecule has 1 fully saturated rings. The van der Waals surface area contributed by atoms with E-state index in [1.165, 1.54) is 19.3 Å². The predicted octanol–water partition coefficient (Wildman–Crippen LogP) is 2.89. The average molecular weight is 295 g/mol. The lowest BCUT2D eigenvalue weighted by molar-refractivity contribution is 0.740. The molecule has 1 heterocycles. The smallest absolute Gasteiger partial charge is 0.148 e. The van der Waals surface area contributed by atoms with Crippen LogP contribution in [0.2, 0.25) is 0 Å². The molecule has 0 aliphatic heterocycles. The van der Waals surface area contributed by atoms with Crippen molar-refractivity contribution in [3.8, 4) is 0 Å². The molecule has 0 aromatic carbocycles. The summed E-state index contributed by atoms with van der Waals surface area (Å²) < 4.78 is 0. The first kappa shape index (κ1) is 15.4. The first-order chi connectivity index (χ1) is 9.56. The number of nitrogens with one attached hydrogen (secondary N) is 2. The van der Waals surface area contributed by atoms with Crippen molar-refractivity contribution in [2.24, 2.45) is 5.84 Å². The minimum absolute atomic E-state index is 0.281. The van der Waals surface area contributed by atoms with Gasteiger partial charge in [0.15, 0.2) is 0 Å². The minimum Gasteiger partial charge on any atom is -0.366 e. The number of thioether (sulfide) groups is 1. The maximum atomic E-state index is 5.58. The molecule has 6 heteroatoms. The first-order valence-electron chi connectivity index (χ1n) is 7.21. The zero-order valence-electron chi connectivity index (χ0n) is 12.7. The van der Waals surface area contributed by atoms with Crippen LogP contribution in [0.5, 0.6) is 0 Å². The molecule has 1 aliphatic rings. The van der Waals surface area contributed by atoms with Gasteiger partial charge in [-0.05, 0) is 26.0 Å². The number of aromatic nitrogens is 2. The van der Waals surface area contributed by atoms with Crippen LogP contribution in [0.4, 0.5) is 11.6 Å². The average Bonchev–Trinajstić information content (AvgIpc) is 2.88. The van der Waals surface area contributed by atoms with E-state index in [9.17, 15) is 0 Å². The van der Waals surface area contributed by atoms with E-state index in [0.29, 0.717) is 17.1 Å². The number of hydrogen-bond acceptors (Lipinski definition) is 6. The van der Waals surface area contributed by atoms with Gasteiger partial charge in [-0.1, -0.05) is 20.3 Å². The Hall–Kier alpha value is -1.01. The molecule has 2 atom stereocenters. The summed E-state index contributed by atoms with van der Waals surface area (Å²) in [5.41, 5.74) is 3.67. The molecule has 0 radical (unpaired) electrons. The maximum Gasteiger partial charge on any atom is 0.148 e. The molecule has 0 saturated heterocycles. The van der Waals surface area contributed by atoms with Gasteiger partial charge in [-0.25, -0.2) is 15.8 Å². The first-order valence-corrected chi connectivity index (χ1v) is 8.50. The molecule has 112 valence electrons. The number of hydrazine groups is 1. The molecular weight excluding hydrogens is 270 g/mol. The second-order valence-electron chi connectivity index (χ2n) is 5.66. The summed E-state index contributed by atoms with van der Waals surface area (Å²) in [6.45, 7) is 6.19. The van der Waals surface area contributed by atoms with Crippen LogP contribution in [0.15, 0.2) is 0 Å². The molecule has 0 spiro atoms. The van der Waals surface area contributed by atoms with Crippen LogP contribution in [0.3, 0.4) is 0 Å². The zero-order chi connectivity index (χ0) is 14.7. The summed E-state index contributed by atoms with van der Waals surface area (Å²) in [7, 11) is 0. The number of rotatable bonds is 5. The van der Waals surface area contributed by atoms with E-state index in [1.54, 1.807) is 0 Å². The van der Waals surface area contributed by atoms with Crippen LogP contribution in [0, 0.1) is 6.92 Å². The predicted molar refractivity (Wildman–Crippen MR) is 87.2 cm³/mol. The van der Waals surface area contributed by atoms with Crippen molar-refractivity contribution in [3.63, 3.8) is 0 Å². The van der Waals surface area contributed by atoms with Gasteiger partial charge in [-0.3, -0.25) is 0 Å². The van der Waals surface area contributed by atoms with Crippen molar-refractivity contribution in [2.45, 2.75) is 57.2 Å². The SMILES string of the molecule is CSC1CCCC1Nc1nc(C(C)C)nc(NN)c1C. The fraction of sp³-hybridized carbons (Fsp3) is 0.714. The van der Waals surface area contributed by atoms with Crippen molar-refractivity contribution in [1.82, 2.24) is 9.97 Å². The molecule has 1 aromatic rings. The normalized spacial score (nSPS) is 22.3. The van der Waals surface area contributed by atoms with Gasteiger partial charge in [0, 0.05) is 22.8 Å². The van der Waals surface area contributed by atoms with Gasteiger partial charge in [0.05, 0.1) is 0 Å². The largest absolute Gasteiger partial charge is 0.366 e. The fourth-order valence-corrected chi connectivity index (χ4v) is 3.56. The second kappa shape index (κ2) is 6.63. The Balaban J connectivity index is 2.28. The highest BCUT2D eigenvalue weighted by Gasteiger charge is 2.27. The molecule has 2 rings (SSSR count). The number of hydrogen-bond donors (Lipinski definition) is 3. The molecule has 1 aliphatic carbocycles. The molecule has 4 N–H and O–H groups in total. The summed E-state index contributed by atoms with van der Waals surface area (Å²) in [5, 5.41) is 4.28. The molecule has 2 unspecified atom stereocenters. The number of nitrogens with zero attached hydrogens (tertiary/aromatic N) is 2. The summed E-state index contributed by atoms with van der Waals surface area (Å²) in [6, 6.07) is 0.490. The lowest BCUT2D eigenvalue weighted by atomic mass is 10.2. The number of nitrogens with two attached hydrogens (primary N) is 1. The van der Waals surface area contributed by atoms with Crippen LogP contribution in [0.1, 0.15) is 50.4 Å². The van der Waals surface area contributed by atoms with E-state index in [4.69, 9.17) is 5.84 Å². The molecule has 5 nitrogen and oxygen atoms in total. The van der Waals surface area contributed by atoms with Crippen molar-refractivity contribution >= 4 is 23.4 Å². The summed E-state index contributed by atoms with van der Waals surface area (Å²) in [5.74, 6) is 8.31. The van der Waals surface area contributed by atoms with Gasteiger partial charge in [0.2, 0.25) is 0 Å². The molecular formula is C14H25N5S. The number of nitrogen functional groups attached to an aromatic ring is 1. The van der Waals surface area contributed by atoms with E-state index >= 15 is 0 Å². The Labute approximate surface area is 125 Å². The molecule has 0 amide bonds. The van der Waals surface area contributed by atoms with E-state index in [-0.39, 0.29) is 5.92 Å². The van der Waals surface area contributed by atoms with Crippen LogP contribution >= 0.6 is 11.8 Å². The summed E-state index contributed by atoms with van der Waals surface area (Å²) in [6.07, 6.45) is 5.95. The Kier molecular flexibility index (Phi) is 5.10.